The van der Waals surface area contributed by atoms with Crippen molar-refractivity contribution in [3.63, 3.8) is 0 Å². The van der Waals surface area contributed by atoms with Crippen LogP contribution in [0.2, 0.25) is 0 Å². The molecule has 0 unspecified atom stereocenters. The van der Waals surface area contributed by atoms with Gasteiger partial charge in [0, 0.05) is 44.4 Å². The van der Waals surface area contributed by atoms with E-state index >= 15 is 0 Å². The van der Waals surface area contributed by atoms with E-state index in [4.69, 9.17) is 5.73 Å². The van der Waals surface area contributed by atoms with Crippen molar-refractivity contribution in [2.45, 2.75) is 34.3 Å². The maximum absolute atomic E-state index is 14.7. The van der Waals surface area contributed by atoms with Crippen LogP contribution in [0.3, 0.4) is 0 Å². The van der Waals surface area contributed by atoms with Crippen LogP contribution >= 0.6 is 0 Å². The maximum Gasteiger partial charge on any atom is 0.295 e. The Morgan fingerprint density at radius 3 is 1.04 bits per heavy atom. The van der Waals surface area contributed by atoms with Gasteiger partial charge in [-0.05, 0) is 95.7 Å². The summed E-state index contributed by atoms with van der Waals surface area (Å²) in [6, 6.07) is 6.41. The number of nitrogens with two attached hydrogens (primary N) is 1. The lowest BCUT2D eigenvalue weighted by Gasteiger charge is -2.16. The van der Waals surface area contributed by atoms with Crippen LogP contribution in [0.1, 0.15) is 42.2 Å². The smallest absolute Gasteiger partial charge is 0.295 e. The minimum Gasteiger partial charge on any atom is -0.399 e. The molecule has 68 heavy (non-hydrogen) atoms. The number of amides is 1. The molecular formula is C35H24N2O24S7. The number of nitrogen functional groups attached to an aromatic ring is 1. The average Bonchev–Trinajstić information content (AvgIpc) is 3.18. The summed E-state index contributed by atoms with van der Waals surface area (Å²) >= 11 is 0. The molecule has 0 bridgehead atoms. The summed E-state index contributed by atoms with van der Waals surface area (Å²) in [5, 5.41) is -1.86. The van der Waals surface area contributed by atoms with E-state index in [9.17, 15) is 105 Å². The zero-order valence-electron chi connectivity index (χ0n) is 32.6. The topological polar surface area (TPSA) is 470 Å². The molecule has 6 aromatic carbocycles. The number of carbonyl (C=O) groups is 3. The van der Waals surface area contributed by atoms with Crippen LogP contribution in [0, 0.1) is 0 Å². The van der Waals surface area contributed by atoms with Crippen molar-refractivity contribution in [1.82, 2.24) is 0 Å². The normalized spacial score (nSPS) is 13.1. The molecule has 6 rings (SSSR count). The van der Waals surface area contributed by atoms with Gasteiger partial charge in [0.2, 0.25) is 0 Å². The molecule has 0 fully saturated rings. The lowest BCUT2D eigenvalue weighted by Crippen LogP contribution is -2.18. The van der Waals surface area contributed by atoms with Crippen LogP contribution in [0.15, 0.2) is 119 Å². The van der Waals surface area contributed by atoms with E-state index < -0.39 is 178 Å². The van der Waals surface area contributed by atoms with Gasteiger partial charge in [-0.1, -0.05) is 0 Å². The first-order chi connectivity index (χ1) is 30.8. The molecular weight excluding hydrogens is 1060 g/mol. The zero-order chi connectivity index (χ0) is 51.2. The first kappa shape index (κ1) is 51.2. The van der Waals surface area contributed by atoms with Crippen molar-refractivity contribution < 1.29 is 105 Å². The Labute approximate surface area is 382 Å². The molecule has 360 valence electrons. The molecule has 0 radical (unpaired) electrons. The zero-order valence-corrected chi connectivity index (χ0v) is 38.3. The van der Waals surface area contributed by atoms with E-state index in [1.807, 2.05) is 0 Å². The molecule has 0 atom stereocenters. The highest BCUT2D eigenvalue weighted by Crippen LogP contribution is 2.37. The van der Waals surface area contributed by atoms with Crippen molar-refractivity contribution >= 4 is 121 Å². The number of hydrogen-bond donors (Lipinski definition) is 9. The highest BCUT2D eigenvalue weighted by molar-refractivity contribution is 7.88. The van der Waals surface area contributed by atoms with Gasteiger partial charge in [-0.15, -0.1) is 0 Å². The average molecular weight is 1080 g/mol. The van der Waals surface area contributed by atoms with Crippen molar-refractivity contribution in [3.8, 4) is 0 Å². The summed E-state index contributed by atoms with van der Waals surface area (Å²) in [5.74, 6) is -4.88. The Morgan fingerprint density at radius 1 is 0.382 bits per heavy atom. The second kappa shape index (κ2) is 16.8. The number of rotatable bonds is 13. The van der Waals surface area contributed by atoms with Gasteiger partial charge in [0.1, 0.15) is 14.7 Å². The third-order valence-electron chi connectivity index (χ3n) is 9.40. The van der Waals surface area contributed by atoms with Gasteiger partial charge in [0.05, 0.1) is 25.1 Å². The monoisotopic (exact) mass is 1080 g/mol. The van der Waals surface area contributed by atoms with Crippen LogP contribution < -0.4 is 11.1 Å². The molecule has 0 aromatic heterocycles. The Kier molecular flexibility index (Phi) is 12.7. The molecule has 26 nitrogen and oxygen atoms in total. The van der Waals surface area contributed by atoms with E-state index in [1.165, 1.54) is 0 Å². The fourth-order valence-corrected chi connectivity index (χ4v) is 11.2. The van der Waals surface area contributed by atoms with Crippen LogP contribution in [0.5, 0.6) is 0 Å². The fourth-order valence-electron chi connectivity index (χ4n) is 6.62. The standard InChI is InChI=1S/C35H24N2O24S7/c36-19-1-2-25(28(10-19)66(53,54)55)35(40)37-20-4-17(33(38)26-11-21(62(41,42)43)6-15-8-23(64(47,48)49)13-29(31(15)26)67(56,57)58)3-18(5-20)34(39)27-12-22(63(44,45)46)7-16-9-24(65(50,51)52)14-30(32(16)27)68(59,60)61/h1-14H,36H2,(H,37,40)(H,41,42,43)(H,44,45,46)(H,47,48,49)(H,50,51,52)(H,53,54,55)(H,56,57,58)(H,59,60,61). The van der Waals surface area contributed by atoms with E-state index in [-0.39, 0.29) is 30.0 Å². The van der Waals surface area contributed by atoms with Crippen molar-refractivity contribution in [3.05, 3.63) is 113 Å². The number of nitrogens with one attached hydrogen (secondary N) is 1. The summed E-state index contributed by atoms with van der Waals surface area (Å²) in [4.78, 5) is 33.7. The SMILES string of the molecule is Nc1ccc(C(=O)Nc2cc(C(=O)c3cc(S(=O)(=O)O)cc4cc(S(=O)(=O)O)cc(S(=O)(=O)O)c34)cc(C(=O)c3cc(S(=O)(=O)O)cc4cc(S(=O)(=O)O)cc(S(=O)(=O)O)c34)c2)c(S(=O)(=O)O)c1. The van der Waals surface area contributed by atoms with Crippen molar-refractivity contribution in [2.24, 2.45) is 0 Å². The highest BCUT2D eigenvalue weighted by atomic mass is 32.2. The molecule has 10 N–H and O–H groups in total. The minimum atomic E-state index is -5.72. The third kappa shape index (κ3) is 10.4. The van der Waals surface area contributed by atoms with E-state index in [1.54, 1.807) is 0 Å². The van der Waals surface area contributed by atoms with Crippen LogP contribution in [-0.4, -0.2) is 108 Å². The number of anilines is 2. The Bertz CT molecular complexity index is 3910. The molecule has 0 heterocycles. The summed E-state index contributed by atoms with van der Waals surface area (Å²) in [6.07, 6.45) is 0. The molecule has 6 aromatic rings. The Hall–Kier alpha value is -6.18. The molecule has 0 saturated carbocycles. The van der Waals surface area contributed by atoms with E-state index in [0.29, 0.717) is 48.5 Å². The van der Waals surface area contributed by atoms with Gasteiger partial charge in [-0.25, -0.2) is 0 Å². The largest absolute Gasteiger partial charge is 0.399 e. The first-order valence-electron chi connectivity index (χ1n) is 17.3. The summed E-state index contributed by atoms with van der Waals surface area (Å²) in [7, 11) is -38.5. The fraction of sp³-hybridized carbons (Fsp3) is 0. The van der Waals surface area contributed by atoms with Gasteiger partial charge < -0.3 is 11.1 Å². The second-order valence-corrected chi connectivity index (χ2v) is 23.8. The van der Waals surface area contributed by atoms with E-state index in [0.717, 1.165) is 12.1 Å². The lowest BCUT2D eigenvalue weighted by molar-refractivity contribution is 0.101. The number of ketones is 2. The van der Waals surface area contributed by atoms with Gasteiger partial charge >= 0.3 is 0 Å². The summed E-state index contributed by atoms with van der Waals surface area (Å²) in [5.41, 5.74) is -0.866. The van der Waals surface area contributed by atoms with Crippen molar-refractivity contribution in [1.29, 1.82) is 0 Å². The number of carbonyl (C=O) groups excluding carboxylic acids is 3. The van der Waals surface area contributed by atoms with Crippen LogP contribution in [-0.2, 0) is 70.8 Å². The van der Waals surface area contributed by atoms with Crippen LogP contribution in [0.25, 0.3) is 21.5 Å². The molecule has 1 amide bonds. The number of hydrogen-bond acceptors (Lipinski definition) is 18. The highest BCUT2D eigenvalue weighted by Gasteiger charge is 2.31. The van der Waals surface area contributed by atoms with Crippen LogP contribution in [0.4, 0.5) is 11.4 Å². The predicted octanol–water partition coefficient (Wildman–Crippen LogP) is 2.02. The van der Waals surface area contributed by atoms with Crippen molar-refractivity contribution in [2.75, 3.05) is 11.1 Å². The second-order valence-electron chi connectivity index (χ2n) is 14.0. The quantitative estimate of drug-likeness (QED) is 0.0454. The minimum absolute atomic E-state index is 0.120. The molecule has 0 aliphatic rings. The van der Waals surface area contributed by atoms with Gasteiger partial charge in [-0.2, -0.15) is 58.9 Å². The van der Waals surface area contributed by atoms with E-state index in [2.05, 4.69) is 5.32 Å². The summed E-state index contributed by atoms with van der Waals surface area (Å²) in [6.45, 7) is 0. The van der Waals surface area contributed by atoms with Gasteiger partial charge in [0.25, 0.3) is 76.7 Å². The Morgan fingerprint density at radius 2 is 0.721 bits per heavy atom. The molecule has 33 heteroatoms. The lowest BCUT2D eigenvalue weighted by atomic mass is 9.92. The molecule has 0 spiro atoms. The van der Waals surface area contributed by atoms with Gasteiger partial charge in [-0.3, -0.25) is 46.3 Å². The Balaban J connectivity index is 1.75. The first-order valence-corrected chi connectivity index (χ1v) is 27.4. The van der Waals surface area contributed by atoms with Gasteiger partial charge in [0.15, 0.2) is 11.6 Å². The molecule has 0 aliphatic carbocycles. The third-order valence-corrected chi connectivity index (χ3v) is 15.4. The summed E-state index contributed by atoms with van der Waals surface area (Å²) < 4.78 is 243. The number of benzene rings is 6. The maximum atomic E-state index is 14.7. The molecule has 0 saturated heterocycles. The number of fused-ring (bicyclic) bond motifs is 2. The predicted molar refractivity (Wildman–Crippen MR) is 229 cm³/mol. The molecule has 0 aliphatic heterocycles.